The van der Waals surface area contributed by atoms with E-state index < -0.39 is 5.24 Å². The van der Waals surface area contributed by atoms with Gasteiger partial charge in [0.1, 0.15) is 44.5 Å². The molecule has 0 radical (unpaired) electrons. The van der Waals surface area contributed by atoms with Crippen molar-refractivity contribution in [2.45, 2.75) is 117 Å². The Hall–Kier alpha value is -10.8. The molecule has 1 fully saturated rings. The lowest BCUT2D eigenvalue weighted by Gasteiger charge is -2.33. The lowest BCUT2D eigenvalue weighted by Crippen LogP contribution is -2.36. The van der Waals surface area contributed by atoms with Crippen molar-refractivity contribution in [2.24, 2.45) is 0 Å². The minimum Gasteiger partial charge on any atom is -0.399 e. The number of aromatic amines is 1. The summed E-state index contributed by atoms with van der Waals surface area (Å²) >= 11 is 22.5. The zero-order valence-electron chi connectivity index (χ0n) is 60.5. The number of nitrogens with two attached hydrogens (primary N) is 5. The molecule has 0 atom stereocenters. The van der Waals surface area contributed by atoms with E-state index in [0.717, 1.165) is 136 Å². The smallest absolute Gasteiger partial charge is 0.254 e. The number of fused-ring (bicyclic) bond motifs is 4. The first-order chi connectivity index (χ1) is 50.3. The normalized spacial score (nSPS) is 13.4. The molecule has 0 amide bonds. The molecule has 30 heteroatoms. The molecule has 1 aliphatic carbocycles. The van der Waals surface area contributed by atoms with E-state index in [1.54, 1.807) is 58.0 Å². The summed E-state index contributed by atoms with van der Waals surface area (Å²) in [7, 11) is 8.42. The number of hydrogen-bond donors (Lipinski definition) is 9. The highest BCUT2D eigenvalue weighted by Crippen LogP contribution is 2.29. The second-order valence-electron chi connectivity index (χ2n) is 24.5. The van der Waals surface area contributed by atoms with Crippen molar-refractivity contribution >= 4 is 143 Å². The average molecular weight is 1510 g/mol. The number of H-pyrrole nitrogens is 1. The lowest BCUT2D eigenvalue weighted by atomic mass is 9.90. The van der Waals surface area contributed by atoms with Crippen molar-refractivity contribution in [3.8, 4) is 0 Å². The SMILES string of the molecule is C=CC(=O)Cl.CCc1cn[nH]c1N.CCc1cnn2c(Cl)cc(Cl)nc12.CCc1cnn2c(Nc3cccc(N)c3)cc(Cl)nc12.CCc1cnn2c(Nc3cccc(N)c3)cc(NC3CCC(N(C)C)CC3)nc12.CCc1cnn2c1CC(=O)CC2=O.CN(C)c1ccccc1.Nc1cccc(N)c1. The number of hydrogen-bond acceptors (Lipinski definition) is 21. The van der Waals surface area contributed by atoms with Gasteiger partial charge in [0.15, 0.2) is 16.9 Å². The molecule has 14 rings (SSSR count). The standard InChI is InChI=1S/C22H31N7.C14H14ClN5.C9H10N2O2.C8H7Cl2N3.C8H11N.C6H8N2.C5H9N3.C3H3ClO/c1-4-15-14-24-29-21(26-18-7-5-6-16(23)12-18)13-20(27-22(15)29)25-17-8-10-19(11-9-17)28(2)3;1-2-9-8-17-20-13(7-12(15)19-14(9)20)18-11-5-3-4-10(16)6-11;1-2-6-5-10-11-8(6)3-7(12)4-9(11)13;1-2-5-4-11-13-7(10)3-6(9)12-8(5)13;1-9(2)8-6-4-3-5-7-8;7-5-2-1-3-6(8)4-5;1-2-4-3-7-8-5(4)6;1-2-3(4)5/h5-7,12-14,17,19,26H,4,8-11,23H2,1-3H3,(H,25,27);3-8,18H,2,16H2,1H3;5H,2-4H2,1H3;3-4H,2H2,1H3;3-7H,1-2H3;1-4H,7-8H2;3H,2H2,1H3,(H3,6,7,8);2H,1H2. The van der Waals surface area contributed by atoms with Crippen LogP contribution in [0.25, 0.3) is 16.9 Å². The first-order valence-corrected chi connectivity index (χ1v) is 35.7. The van der Waals surface area contributed by atoms with Crippen LogP contribution in [0.4, 0.5) is 63.1 Å². The van der Waals surface area contributed by atoms with E-state index in [1.807, 2.05) is 131 Å². The number of para-hydroxylation sites is 1. The van der Waals surface area contributed by atoms with Gasteiger partial charge in [-0.1, -0.05) is 112 Å². The van der Waals surface area contributed by atoms with Crippen LogP contribution in [0.3, 0.4) is 0 Å². The molecule has 4 aromatic carbocycles. The zero-order chi connectivity index (χ0) is 76.3. The van der Waals surface area contributed by atoms with Crippen LogP contribution in [-0.2, 0) is 48.1 Å². The van der Waals surface area contributed by atoms with Crippen LogP contribution in [0.2, 0.25) is 15.5 Å². The van der Waals surface area contributed by atoms with Crippen LogP contribution >= 0.6 is 46.4 Å². The third-order valence-electron chi connectivity index (χ3n) is 16.5. The van der Waals surface area contributed by atoms with Gasteiger partial charge in [0.2, 0.25) is 5.24 Å². The summed E-state index contributed by atoms with van der Waals surface area (Å²) in [5.41, 5.74) is 42.3. The van der Waals surface area contributed by atoms with Gasteiger partial charge in [0.25, 0.3) is 5.91 Å². The molecule has 0 unspecified atom stereocenters. The van der Waals surface area contributed by atoms with Gasteiger partial charge in [-0.15, -0.1) is 0 Å². The molecule has 26 nitrogen and oxygen atoms in total. The fourth-order valence-corrected chi connectivity index (χ4v) is 11.5. The van der Waals surface area contributed by atoms with Gasteiger partial charge < -0.3 is 54.4 Å². The number of carbonyl (C=O) groups is 3. The number of aromatic nitrogens is 13. The van der Waals surface area contributed by atoms with E-state index in [1.165, 1.54) is 23.2 Å². The molecule has 2 aliphatic rings. The van der Waals surface area contributed by atoms with Crippen molar-refractivity contribution in [3.05, 3.63) is 214 Å². The molecular weight excluding hydrogens is 1410 g/mol. The monoisotopic (exact) mass is 1500 g/mol. The fourth-order valence-electron chi connectivity index (χ4n) is 10.9. The summed E-state index contributed by atoms with van der Waals surface area (Å²) in [6.45, 7) is 13.3. The Morgan fingerprint density at radius 3 is 1.47 bits per heavy atom. The maximum atomic E-state index is 11.3. The average Bonchev–Trinajstić information content (AvgIpc) is 1.68. The highest BCUT2D eigenvalue weighted by molar-refractivity contribution is 6.66. The molecule has 0 spiro atoms. The molecule has 554 valence electrons. The van der Waals surface area contributed by atoms with Crippen LogP contribution in [-0.4, -0.2) is 126 Å². The zero-order valence-corrected chi connectivity index (χ0v) is 63.6. The molecule has 0 bridgehead atoms. The van der Waals surface area contributed by atoms with E-state index in [2.05, 4.69) is 113 Å². The van der Waals surface area contributed by atoms with Crippen LogP contribution in [0.5, 0.6) is 0 Å². The number of anilines is 11. The highest BCUT2D eigenvalue weighted by Gasteiger charge is 2.26. The quantitative estimate of drug-likeness (QED) is 0.0160. The molecule has 14 N–H and O–H groups in total. The van der Waals surface area contributed by atoms with Gasteiger partial charge in [-0.3, -0.25) is 19.5 Å². The Labute approximate surface area is 631 Å². The topological polar surface area (TPSA) is 361 Å². The van der Waals surface area contributed by atoms with Gasteiger partial charge in [-0.2, -0.15) is 34.5 Å². The Bertz CT molecular complexity index is 4770. The summed E-state index contributed by atoms with van der Waals surface area (Å²) in [4.78, 5) is 49.7. The molecule has 9 heterocycles. The van der Waals surface area contributed by atoms with E-state index in [0.29, 0.717) is 56.8 Å². The molecule has 12 aromatic rings. The largest absolute Gasteiger partial charge is 0.399 e. The molecule has 0 saturated heterocycles. The molecule has 105 heavy (non-hydrogen) atoms. The van der Waals surface area contributed by atoms with Crippen molar-refractivity contribution in [2.75, 3.05) is 77.7 Å². The number of halogens is 4. The summed E-state index contributed by atoms with van der Waals surface area (Å²) in [5.74, 6) is 3.01. The Morgan fingerprint density at radius 1 is 0.562 bits per heavy atom. The van der Waals surface area contributed by atoms with Gasteiger partial charge in [0.05, 0.1) is 43.1 Å². The number of Topliss-reactive ketones (excluding diaryl/α,β-unsaturated/α-hetero) is 1. The third kappa shape index (κ3) is 24.2. The van der Waals surface area contributed by atoms with E-state index in [4.69, 9.17) is 80.1 Å². The number of nitrogens with one attached hydrogen (secondary N) is 4. The number of nitrogen functional groups attached to an aromatic ring is 5. The molecule has 1 aliphatic heterocycles. The Morgan fingerprint density at radius 2 is 1.03 bits per heavy atom. The fraction of sp³-hybridized carbons (Fsp3) is 0.293. The number of ketones is 1. The summed E-state index contributed by atoms with van der Waals surface area (Å²) in [5, 5.41) is 34.5. The highest BCUT2D eigenvalue weighted by atomic mass is 35.5. The van der Waals surface area contributed by atoms with E-state index >= 15 is 0 Å². The van der Waals surface area contributed by atoms with Crippen molar-refractivity contribution < 1.29 is 14.4 Å². The van der Waals surface area contributed by atoms with Gasteiger partial charge in [0, 0.05) is 113 Å². The van der Waals surface area contributed by atoms with Crippen molar-refractivity contribution in [1.29, 1.82) is 0 Å². The summed E-state index contributed by atoms with van der Waals surface area (Å²) in [6.07, 6.45) is 19.4. The second kappa shape index (κ2) is 40.3. The molecular formula is C75H93Cl4N23O3. The van der Waals surface area contributed by atoms with Crippen molar-refractivity contribution in [1.82, 2.24) is 68.7 Å². The van der Waals surface area contributed by atoms with Crippen LogP contribution in [0, 0.1) is 0 Å². The summed E-state index contributed by atoms with van der Waals surface area (Å²) < 4.78 is 6.55. The van der Waals surface area contributed by atoms with Gasteiger partial charge >= 0.3 is 0 Å². The summed E-state index contributed by atoms with van der Waals surface area (Å²) in [6, 6.07) is 39.2. The van der Waals surface area contributed by atoms with Crippen LogP contribution in [0.1, 0.15) is 105 Å². The van der Waals surface area contributed by atoms with E-state index in [9.17, 15) is 14.4 Å². The number of benzene rings is 4. The Balaban J connectivity index is 0.000000178. The lowest BCUT2D eigenvalue weighted by molar-refractivity contribution is -0.118. The van der Waals surface area contributed by atoms with Crippen molar-refractivity contribution in [3.63, 3.8) is 0 Å². The predicted octanol–water partition coefficient (Wildman–Crippen LogP) is 14.5. The minimum absolute atomic E-state index is 0.00215. The maximum Gasteiger partial charge on any atom is 0.254 e. The number of rotatable bonds is 14. The minimum atomic E-state index is -0.509. The predicted molar refractivity (Wildman–Crippen MR) is 429 cm³/mol. The van der Waals surface area contributed by atoms with Crippen LogP contribution in [0.15, 0.2) is 165 Å². The number of carbonyl (C=O) groups excluding carboxylic acids is 3. The second-order valence-corrected chi connectivity index (χ2v) is 26.1. The number of allylic oxidation sites excluding steroid dienone is 1. The van der Waals surface area contributed by atoms with Gasteiger partial charge in [-0.25, -0.2) is 24.1 Å². The number of aryl methyl sites for hydroxylation is 5. The molecule has 1 saturated carbocycles. The van der Waals surface area contributed by atoms with Gasteiger partial charge in [-0.05, 0) is 162 Å². The first-order valence-electron chi connectivity index (χ1n) is 34.2. The molecule has 8 aromatic heterocycles. The van der Waals surface area contributed by atoms with E-state index in [-0.39, 0.29) is 18.1 Å². The third-order valence-corrected chi connectivity index (χ3v) is 17.3. The number of nitrogens with zero attached hydrogens (tertiary/aromatic N) is 14. The first kappa shape index (κ1) is 81.5. The maximum absolute atomic E-state index is 11.3. The Kier molecular flexibility index (Phi) is 31.3. The van der Waals surface area contributed by atoms with Crippen LogP contribution < -0.4 is 49.5 Å².